The van der Waals surface area contributed by atoms with Crippen molar-refractivity contribution in [1.82, 2.24) is 0 Å². The fraction of sp³-hybridized carbons (Fsp3) is 0.316. The van der Waals surface area contributed by atoms with E-state index in [1.54, 1.807) is 7.11 Å². The molecule has 1 aliphatic rings. The molecule has 0 saturated heterocycles. The summed E-state index contributed by atoms with van der Waals surface area (Å²) in [7, 11) is 1.63. The monoisotopic (exact) mass is 296 g/mol. The topological polar surface area (TPSA) is 35.5 Å². The van der Waals surface area contributed by atoms with Crippen LogP contribution in [-0.2, 0) is 16.1 Å². The van der Waals surface area contributed by atoms with E-state index in [-0.39, 0.29) is 11.9 Å². The second kappa shape index (κ2) is 6.65. The smallest absolute Gasteiger partial charge is 0.309 e. The number of carbonyl (C=O) groups excluding carboxylic acids is 1. The fourth-order valence-corrected chi connectivity index (χ4v) is 2.86. The molecule has 0 heterocycles. The van der Waals surface area contributed by atoms with Gasteiger partial charge in [-0.05, 0) is 42.0 Å². The number of benzene rings is 2. The number of ether oxygens (including phenoxy) is 2. The van der Waals surface area contributed by atoms with Crippen molar-refractivity contribution in [2.24, 2.45) is 5.92 Å². The number of carbonyl (C=O) groups is 1. The predicted molar refractivity (Wildman–Crippen MR) is 84.7 cm³/mol. The molecule has 0 radical (unpaired) electrons. The Hall–Kier alpha value is -2.29. The number of hydrogen-bond acceptors (Lipinski definition) is 3. The van der Waals surface area contributed by atoms with E-state index >= 15 is 0 Å². The van der Waals surface area contributed by atoms with Gasteiger partial charge in [0.15, 0.2) is 0 Å². The molecule has 0 spiro atoms. The largest absolute Gasteiger partial charge is 0.497 e. The van der Waals surface area contributed by atoms with E-state index < -0.39 is 0 Å². The Labute approximate surface area is 130 Å². The average molecular weight is 296 g/mol. The van der Waals surface area contributed by atoms with Crippen LogP contribution in [0.5, 0.6) is 5.75 Å². The van der Waals surface area contributed by atoms with Crippen LogP contribution in [0.3, 0.4) is 0 Å². The van der Waals surface area contributed by atoms with Crippen molar-refractivity contribution in [2.45, 2.75) is 25.4 Å². The zero-order valence-corrected chi connectivity index (χ0v) is 12.7. The second-order valence-electron chi connectivity index (χ2n) is 5.66. The van der Waals surface area contributed by atoms with Gasteiger partial charge in [0, 0.05) is 0 Å². The van der Waals surface area contributed by atoms with Gasteiger partial charge < -0.3 is 9.47 Å². The molecule has 2 aromatic carbocycles. The Kier molecular flexibility index (Phi) is 4.42. The zero-order chi connectivity index (χ0) is 15.4. The lowest BCUT2D eigenvalue weighted by Crippen LogP contribution is -2.32. The molecule has 3 heteroatoms. The first-order valence-electron chi connectivity index (χ1n) is 7.62. The summed E-state index contributed by atoms with van der Waals surface area (Å²) in [4.78, 5) is 12.3. The molecule has 0 amide bonds. The van der Waals surface area contributed by atoms with E-state index in [0.717, 1.165) is 24.2 Å². The summed E-state index contributed by atoms with van der Waals surface area (Å²) in [6.07, 6.45) is 1.98. The first-order valence-corrected chi connectivity index (χ1v) is 7.62. The van der Waals surface area contributed by atoms with Gasteiger partial charge >= 0.3 is 5.97 Å². The maximum Gasteiger partial charge on any atom is 0.309 e. The Balaban J connectivity index is 1.55. The maximum atomic E-state index is 12.3. The molecule has 1 fully saturated rings. The lowest BCUT2D eigenvalue weighted by molar-refractivity contribution is -0.154. The van der Waals surface area contributed by atoms with Crippen LogP contribution in [0.4, 0.5) is 0 Å². The Morgan fingerprint density at radius 2 is 1.77 bits per heavy atom. The highest BCUT2D eigenvalue weighted by Crippen LogP contribution is 2.43. The highest BCUT2D eigenvalue weighted by molar-refractivity contribution is 5.75. The standard InChI is InChI=1S/C19H20O3/c1-21-16-9-7-14(8-10-16)13-22-19(20)18-12-11-17(18)15-5-3-2-4-6-15/h2-10,17-18H,11-13H2,1H3/t17-,18-/m1/s1. The highest BCUT2D eigenvalue weighted by Gasteiger charge is 2.38. The molecule has 0 N–H and O–H groups in total. The lowest BCUT2D eigenvalue weighted by Gasteiger charge is -2.35. The van der Waals surface area contributed by atoms with Crippen molar-refractivity contribution in [3.63, 3.8) is 0 Å². The van der Waals surface area contributed by atoms with Crippen molar-refractivity contribution in [2.75, 3.05) is 7.11 Å². The number of hydrogen-bond donors (Lipinski definition) is 0. The van der Waals surface area contributed by atoms with Crippen molar-refractivity contribution >= 4 is 5.97 Å². The van der Waals surface area contributed by atoms with Gasteiger partial charge in [0.05, 0.1) is 13.0 Å². The Morgan fingerprint density at radius 3 is 2.36 bits per heavy atom. The van der Waals surface area contributed by atoms with E-state index in [2.05, 4.69) is 12.1 Å². The van der Waals surface area contributed by atoms with Crippen LogP contribution in [0.15, 0.2) is 54.6 Å². The average Bonchev–Trinajstić information content (AvgIpc) is 2.53. The fourth-order valence-electron chi connectivity index (χ4n) is 2.86. The summed E-state index contributed by atoms with van der Waals surface area (Å²) in [5.41, 5.74) is 2.21. The molecular weight excluding hydrogens is 276 g/mol. The van der Waals surface area contributed by atoms with E-state index in [4.69, 9.17) is 9.47 Å². The van der Waals surface area contributed by atoms with Gasteiger partial charge in [0.25, 0.3) is 0 Å². The summed E-state index contributed by atoms with van der Waals surface area (Å²) < 4.78 is 10.6. The van der Waals surface area contributed by atoms with Gasteiger partial charge in [-0.15, -0.1) is 0 Å². The molecule has 2 atom stereocenters. The van der Waals surface area contributed by atoms with Gasteiger partial charge in [-0.25, -0.2) is 0 Å². The van der Waals surface area contributed by atoms with Crippen LogP contribution in [-0.4, -0.2) is 13.1 Å². The SMILES string of the molecule is COc1ccc(COC(=O)[C@@H]2CC[C@@H]2c2ccccc2)cc1. The summed E-state index contributed by atoms with van der Waals surface area (Å²) in [5, 5.41) is 0. The molecule has 0 unspecified atom stereocenters. The molecule has 0 aromatic heterocycles. The van der Waals surface area contributed by atoms with Crippen LogP contribution in [0.25, 0.3) is 0 Å². The van der Waals surface area contributed by atoms with Gasteiger partial charge in [-0.2, -0.15) is 0 Å². The molecular formula is C19H20O3. The van der Waals surface area contributed by atoms with Gasteiger partial charge in [-0.1, -0.05) is 42.5 Å². The normalized spacial score (nSPS) is 20.0. The summed E-state index contributed by atoms with van der Waals surface area (Å²) >= 11 is 0. The van der Waals surface area contributed by atoms with Crippen LogP contribution >= 0.6 is 0 Å². The van der Waals surface area contributed by atoms with Crippen LogP contribution in [0.1, 0.15) is 29.9 Å². The predicted octanol–water partition coefficient (Wildman–Crippen LogP) is 3.93. The molecule has 3 rings (SSSR count). The molecule has 0 aliphatic heterocycles. The molecule has 114 valence electrons. The van der Waals surface area contributed by atoms with Crippen molar-refractivity contribution < 1.29 is 14.3 Å². The van der Waals surface area contributed by atoms with Crippen molar-refractivity contribution in [3.05, 3.63) is 65.7 Å². The van der Waals surface area contributed by atoms with Crippen molar-refractivity contribution in [3.8, 4) is 5.75 Å². The first-order chi connectivity index (χ1) is 10.8. The van der Waals surface area contributed by atoms with E-state index in [1.807, 2.05) is 42.5 Å². The molecule has 1 saturated carbocycles. The van der Waals surface area contributed by atoms with Crippen molar-refractivity contribution in [1.29, 1.82) is 0 Å². The van der Waals surface area contributed by atoms with E-state index in [0.29, 0.717) is 12.5 Å². The molecule has 22 heavy (non-hydrogen) atoms. The lowest BCUT2D eigenvalue weighted by atomic mass is 9.70. The quantitative estimate of drug-likeness (QED) is 0.784. The molecule has 2 aromatic rings. The maximum absolute atomic E-state index is 12.3. The highest BCUT2D eigenvalue weighted by atomic mass is 16.5. The first kappa shape index (κ1) is 14.6. The summed E-state index contributed by atoms with van der Waals surface area (Å²) in [6.45, 7) is 0.320. The van der Waals surface area contributed by atoms with Gasteiger partial charge in [-0.3, -0.25) is 4.79 Å². The minimum Gasteiger partial charge on any atom is -0.497 e. The minimum atomic E-state index is -0.0871. The summed E-state index contributed by atoms with van der Waals surface area (Å²) in [5.74, 6) is 1.03. The van der Waals surface area contributed by atoms with Crippen LogP contribution in [0, 0.1) is 5.92 Å². The second-order valence-corrected chi connectivity index (χ2v) is 5.66. The number of rotatable bonds is 5. The van der Waals surface area contributed by atoms with E-state index in [9.17, 15) is 4.79 Å². The third-order valence-electron chi connectivity index (χ3n) is 4.35. The van der Waals surface area contributed by atoms with Crippen LogP contribution in [0.2, 0.25) is 0 Å². The van der Waals surface area contributed by atoms with E-state index in [1.165, 1.54) is 5.56 Å². The Morgan fingerprint density at radius 1 is 1.05 bits per heavy atom. The third kappa shape index (κ3) is 3.14. The van der Waals surface area contributed by atoms with Gasteiger partial charge in [0.2, 0.25) is 0 Å². The molecule has 0 bridgehead atoms. The van der Waals surface area contributed by atoms with Gasteiger partial charge in [0.1, 0.15) is 12.4 Å². The van der Waals surface area contributed by atoms with Crippen LogP contribution < -0.4 is 4.74 Å². The zero-order valence-electron chi connectivity index (χ0n) is 12.7. The molecule has 3 nitrogen and oxygen atoms in total. The Bertz CT molecular complexity index is 619. The number of methoxy groups -OCH3 is 1. The number of esters is 1. The third-order valence-corrected chi connectivity index (χ3v) is 4.35. The minimum absolute atomic E-state index is 0.000600. The summed E-state index contributed by atoms with van der Waals surface area (Å²) in [6, 6.07) is 17.8. The molecule has 1 aliphatic carbocycles.